The van der Waals surface area contributed by atoms with Crippen molar-refractivity contribution in [3.05, 3.63) is 58.9 Å². The lowest BCUT2D eigenvalue weighted by molar-refractivity contribution is 0.102. The van der Waals surface area contributed by atoms with E-state index in [-0.39, 0.29) is 5.56 Å². The molecule has 0 aliphatic rings. The van der Waals surface area contributed by atoms with Crippen LogP contribution >= 0.6 is 11.6 Å². The van der Waals surface area contributed by atoms with Gasteiger partial charge in [-0.15, -0.1) is 0 Å². The summed E-state index contributed by atoms with van der Waals surface area (Å²) in [7, 11) is 1.50. The molecule has 0 saturated carbocycles. The number of anilines is 1. The molecular formula is C14H11ClFNO2. The molecule has 1 amide bonds. The van der Waals surface area contributed by atoms with E-state index in [9.17, 15) is 9.18 Å². The number of carbonyl (C=O) groups is 1. The summed E-state index contributed by atoms with van der Waals surface area (Å²) >= 11 is 5.94. The number of nitrogens with one attached hydrogen (secondary N) is 1. The van der Waals surface area contributed by atoms with Crippen LogP contribution in [0.1, 0.15) is 10.4 Å². The number of carbonyl (C=O) groups excluding carboxylic acids is 1. The van der Waals surface area contributed by atoms with Crippen molar-refractivity contribution in [3.63, 3.8) is 0 Å². The highest BCUT2D eigenvalue weighted by molar-refractivity contribution is 6.32. The van der Waals surface area contributed by atoms with Crippen LogP contribution in [0, 0.1) is 5.82 Å². The second-order valence-corrected chi connectivity index (χ2v) is 4.19. The quantitative estimate of drug-likeness (QED) is 0.929. The third-order valence-corrected chi connectivity index (χ3v) is 2.82. The van der Waals surface area contributed by atoms with Gasteiger partial charge in [0.05, 0.1) is 17.7 Å². The van der Waals surface area contributed by atoms with Gasteiger partial charge in [0.2, 0.25) is 0 Å². The second kappa shape index (κ2) is 5.71. The Hall–Kier alpha value is -2.07. The van der Waals surface area contributed by atoms with Crippen LogP contribution in [-0.4, -0.2) is 13.0 Å². The summed E-state index contributed by atoms with van der Waals surface area (Å²) in [5, 5.41) is 2.94. The number of rotatable bonds is 3. The van der Waals surface area contributed by atoms with E-state index in [1.165, 1.54) is 25.3 Å². The van der Waals surface area contributed by atoms with Crippen molar-refractivity contribution >= 4 is 23.2 Å². The summed E-state index contributed by atoms with van der Waals surface area (Å²) in [5.41, 5.74) is 0.452. The van der Waals surface area contributed by atoms with Gasteiger partial charge in [-0.2, -0.15) is 0 Å². The van der Waals surface area contributed by atoms with Crippen LogP contribution in [0.3, 0.4) is 0 Å². The van der Waals surface area contributed by atoms with Crippen LogP contribution in [0.25, 0.3) is 0 Å². The Morgan fingerprint density at radius 3 is 2.63 bits per heavy atom. The highest BCUT2D eigenvalue weighted by Gasteiger charge is 2.11. The molecule has 0 unspecified atom stereocenters. The topological polar surface area (TPSA) is 38.3 Å². The first kappa shape index (κ1) is 13.4. The summed E-state index contributed by atoms with van der Waals surface area (Å²) in [4.78, 5) is 11.9. The molecule has 0 aliphatic carbocycles. The molecule has 2 aromatic rings. The average Bonchev–Trinajstić information content (AvgIpc) is 2.39. The van der Waals surface area contributed by atoms with Gasteiger partial charge >= 0.3 is 0 Å². The Morgan fingerprint density at radius 2 is 2.00 bits per heavy atom. The number of ether oxygens (including phenoxy) is 1. The Kier molecular flexibility index (Phi) is 4.02. The van der Waals surface area contributed by atoms with Crippen molar-refractivity contribution in [1.82, 2.24) is 0 Å². The molecule has 5 heteroatoms. The van der Waals surface area contributed by atoms with E-state index in [0.717, 1.165) is 0 Å². The molecule has 0 aliphatic heterocycles. The monoisotopic (exact) mass is 279 g/mol. The summed E-state index contributed by atoms with van der Waals surface area (Å²) in [6.07, 6.45) is 0. The van der Waals surface area contributed by atoms with E-state index in [1.54, 1.807) is 24.3 Å². The van der Waals surface area contributed by atoms with Gasteiger partial charge in [-0.1, -0.05) is 23.7 Å². The predicted octanol–water partition coefficient (Wildman–Crippen LogP) is 3.74. The van der Waals surface area contributed by atoms with Crippen molar-refractivity contribution < 1.29 is 13.9 Å². The molecule has 0 heterocycles. The summed E-state index contributed by atoms with van der Waals surface area (Å²) < 4.78 is 18.4. The number of hydrogen-bond donors (Lipinski definition) is 1. The zero-order valence-corrected chi connectivity index (χ0v) is 10.9. The van der Waals surface area contributed by atoms with E-state index in [2.05, 4.69) is 5.32 Å². The summed E-state index contributed by atoms with van der Waals surface area (Å²) in [6, 6.07) is 10.6. The van der Waals surface area contributed by atoms with Crippen LogP contribution in [0.4, 0.5) is 10.1 Å². The van der Waals surface area contributed by atoms with Crippen LogP contribution in [-0.2, 0) is 0 Å². The standard InChI is InChI=1S/C14H11ClFNO2/c1-19-13-7-6-9(8-11(13)15)17-14(18)10-4-2-3-5-12(10)16/h2-8H,1H3,(H,17,18). The SMILES string of the molecule is COc1ccc(NC(=O)c2ccccc2F)cc1Cl. The fourth-order valence-electron chi connectivity index (χ4n) is 1.59. The van der Waals surface area contributed by atoms with Gasteiger partial charge in [0, 0.05) is 5.69 Å². The van der Waals surface area contributed by atoms with Gasteiger partial charge < -0.3 is 10.1 Å². The molecule has 0 atom stereocenters. The van der Waals surface area contributed by atoms with Crippen LogP contribution in [0.2, 0.25) is 5.02 Å². The lowest BCUT2D eigenvalue weighted by Crippen LogP contribution is -2.13. The van der Waals surface area contributed by atoms with Crippen LogP contribution < -0.4 is 10.1 Å². The Bertz CT molecular complexity index is 616. The van der Waals surface area contributed by atoms with E-state index >= 15 is 0 Å². The normalized spacial score (nSPS) is 10.1. The van der Waals surface area contributed by atoms with Gasteiger partial charge in [-0.05, 0) is 30.3 Å². The molecule has 2 aromatic carbocycles. The number of amides is 1. The third-order valence-electron chi connectivity index (χ3n) is 2.53. The first-order valence-electron chi connectivity index (χ1n) is 5.51. The fourth-order valence-corrected chi connectivity index (χ4v) is 1.85. The van der Waals surface area contributed by atoms with Gasteiger partial charge in [-0.25, -0.2) is 4.39 Å². The first-order valence-corrected chi connectivity index (χ1v) is 5.89. The molecule has 19 heavy (non-hydrogen) atoms. The molecule has 0 bridgehead atoms. The van der Waals surface area contributed by atoms with E-state index < -0.39 is 11.7 Å². The average molecular weight is 280 g/mol. The number of halogens is 2. The lowest BCUT2D eigenvalue weighted by atomic mass is 10.2. The number of benzene rings is 2. The van der Waals surface area contributed by atoms with Gasteiger partial charge in [-0.3, -0.25) is 4.79 Å². The summed E-state index contributed by atoms with van der Waals surface area (Å²) in [5.74, 6) is -0.593. The van der Waals surface area contributed by atoms with Crippen molar-refractivity contribution in [2.75, 3.05) is 12.4 Å². The first-order chi connectivity index (χ1) is 9.11. The van der Waals surface area contributed by atoms with E-state index in [0.29, 0.717) is 16.5 Å². The van der Waals surface area contributed by atoms with Crippen LogP contribution in [0.15, 0.2) is 42.5 Å². The van der Waals surface area contributed by atoms with Gasteiger partial charge in [0.1, 0.15) is 11.6 Å². The maximum Gasteiger partial charge on any atom is 0.258 e. The van der Waals surface area contributed by atoms with Crippen molar-refractivity contribution in [1.29, 1.82) is 0 Å². The zero-order chi connectivity index (χ0) is 13.8. The highest BCUT2D eigenvalue weighted by Crippen LogP contribution is 2.27. The third kappa shape index (κ3) is 3.03. The second-order valence-electron chi connectivity index (χ2n) is 3.78. The van der Waals surface area contributed by atoms with Gasteiger partial charge in [0.25, 0.3) is 5.91 Å². The molecule has 3 nitrogen and oxygen atoms in total. The van der Waals surface area contributed by atoms with E-state index in [4.69, 9.17) is 16.3 Å². The fraction of sp³-hybridized carbons (Fsp3) is 0.0714. The van der Waals surface area contributed by atoms with Crippen LogP contribution in [0.5, 0.6) is 5.75 Å². The van der Waals surface area contributed by atoms with Gasteiger partial charge in [0.15, 0.2) is 0 Å². The molecule has 0 saturated heterocycles. The maximum absolute atomic E-state index is 13.4. The number of methoxy groups -OCH3 is 1. The molecule has 0 spiro atoms. The minimum absolute atomic E-state index is 0.0190. The van der Waals surface area contributed by atoms with Crippen molar-refractivity contribution in [2.45, 2.75) is 0 Å². The minimum atomic E-state index is -0.570. The molecular weight excluding hydrogens is 269 g/mol. The van der Waals surface area contributed by atoms with Crippen molar-refractivity contribution in [2.24, 2.45) is 0 Å². The molecule has 2 rings (SSSR count). The van der Waals surface area contributed by atoms with Crippen molar-refractivity contribution in [3.8, 4) is 5.75 Å². The Balaban J connectivity index is 2.20. The smallest absolute Gasteiger partial charge is 0.258 e. The molecule has 1 N–H and O–H groups in total. The van der Waals surface area contributed by atoms with E-state index in [1.807, 2.05) is 0 Å². The molecule has 0 radical (unpaired) electrons. The highest BCUT2D eigenvalue weighted by atomic mass is 35.5. The molecule has 98 valence electrons. The maximum atomic E-state index is 13.4. The zero-order valence-electron chi connectivity index (χ0n) is 10.1. The predicted molar refractivity (Wildman–Crippen MR) is 72.4 cm³/mol. The Morgan fingerprint density at radius 1 is 1.26 bits per heavy atom. The molecule has 0 aromatic heterocycles. The summed E-state index contributed by atoms with van der Waals surface area (Å²) in [6.45, 7) is 0. The largest absolute Gasteiger partial charge is 0.495 e. The minimum Gasteiger partial charge on any atom is -0.495 e. The Labute approximate surface area is 115 Å². The lowest BCUT2D eigenvalue weighted by Gasteiger charge is -2.08. The molecule has 0 fully saturated rings. The number of hydrogen-bond acceptors (Lipinski definition) is 2.